The summed E-state index contributed by atoms with van der Waals surface area (Å²) >= 11 is 0. The zero-order chi connectivity index (χ0) is 12.0. The van der Waals surface area contributed by atoms with Crippen molar-refractivity contribution in [2.75, 3.05) is 0 Å². The van der Waals surface area contributed by atoms with E-state index in [0.717, 1.165) is 29.5 Å². The van der Waals surface area contributed by atoms with Gasteiger partial charge in [0.25, 0.3) is 0 Å². The van der Waals surface area contributed by atoms with E-state index in [0.29, 0.717) is 0 Å². The number of carbonyl (C=O) groups is 1. The number of rotatable bonds is 6. The second-order valence-corrected chi connectivity index (χ2v) is 4.33. The number of aryl methyl sites for hydroxylation is 1. The first-order valence-electron chi connectivity index (χ1n) is 6.11. The van der Waals surface area contributed by atoms with Gasteiger partial charge in [-0.15, -0.1) is 0 Å². The molecule has 0 saturated heterocycles. The number of pyridine rings is 1. The van der Waals surface area contributed by atoms with Crippen molar-refractivity contribution in [1.29, 1.82) is 0 Å². The molecule has 0 bridgehead atoms. The van der Waals surface area contributed by atoms with Crippen LogP contribution in [-0.2, 0) is 6.42 Å². The average molecular weight is 219 g/mol. The summed E-state index contributed by atoms with van der Waals surface area (Å²) in [6.07, 6.45) is 8.63. The molecule has 0 saturated carbocycles. The standard InChI is InChI=1S/C14H21NO/c1-4-5-6-7-8-14-11(2)13(10-16)9-15-12(14)3/h9-10H,4-8H2,1-3H3. The zero-order valence-electron chi connectivity index (χ0n) is 10.5. The van der Waals surface area contributed by atoms with Crippen LogP contribution in [0.4, 0.5) is 0 Å². The molecule has 0 amide bonds. The van der Waals surface area contributed by atoms with Gasteiger partial charge in [-0.3, -0.25) is 9.78 Å². The fourth-order valence-electron chi connectivity index (χ4n) is 2.00. The molecule has 0 aliphatic rings. The Kier molecular flexibility index (Phi) is 5.17. The molecule has 88 valence electrons. The van der Waals surface area contributed by atoms with Crippen molar-refractivity contribution in [3.63, 3.8) is 0 Å². The normalized spacial score (nSPS) is 10.4. The van der Waals surface area contributed by atoms with Gasteiger partial charge in [-0.1, -0.05) is 26.2 Å². The maximum absolute atomic E-state index is 10.8. The highest BCUT2D eigenvalue weighted by atomic mass is 16.1. The van der Waals surface area contributed by atoms with Crippen molar-refractivity contribution in [2.24, 2.45) is 0 Å². The molecule has 0 N–H and O–H groups in total. The summed E-state index contributed by atoms with van der Waals surface area (Å²) in [6, 6.07) is 0. The van der Waals surface area contributed by atoms with Gasteiger partial charge in [-0.25, -0.2) is 0 Å². The summed E-state index contributed by atoms with van der Waals surface area (Å²) in [5, 5.41) is 0. The number of nitrogens with zero attached hydrogens (tertiary/aromatic N) is 1. The Morgan fingerprint density at radius 3 is 2.62 bits per heavy atom. The molecule has 1 aromatic rings. The van der Waals surface area contributed by atoms with Crippen LogP contribution < -0.4 is 0 Å². The molecule has 0 aromatic carbocycles. The molecule has 0 aliphatic heterocycles. The molecular weight excluding hydrogens is 198 g/mol. The second kappa shape index (κ2) is 6.41. The zero-order valence-corrected chi connectivity index (χ0v) is 10.5. The van der Waals surface area contributed by atoms with Crippen molar-refractivity contribution in [3.05, 3.63) is 28.6 Å². The Bertz CT molecular complexity index is 358. The predicted molar refractivity (Wildman–Crippen MR) is 66.9 cm³/mol. The summed E-state index contributed by atoms with van der Waals surface area (Å²) in [7, 11) is 0. The van der Waals surface area contributed by atoms with E-state index in [2.05, 4.69) is 11.9 Å². The van der Waals surface area contributed by atoms with Gasteiger partial charge in [-0.05, 0) is 37.8 Å². The first kappa shape index (κ1) is 12.9. The molecule has 1 rings (SSSR count). The molecule has 2 heteroatoms. The molecule has 1 heterocycles. The molecule has 0 unspecified atom stereocenters. The van der Waals surface area contributed by atoms with Crippen LogP contribution in [0.3, 0.4) is 0 Å². The van der Waals surface area contributed by atoms with Gasteiger partial charge in [0.05, 0.1) is 0 Å². The minimum absolute atomic E-state index is 0.732. The summed E-state index contributed by atoms with van der Waals surface area (Å²) in [4.78, 5) is 15.1. The first-order valence-corrected chi connectivity index (χ1v) is 6.11. The fraction of sp³-hybridized carbons (Fsp3) is 0.571. The number of unbranched alkanes of at least 4 members (excludes halogenated alkanes) is 3. The lowest BCUT2D eigenvalue weighted by Crippen LogP contribution is -2.01. The van der Waals surface area contributed by atoms with Crippen molar-refractivity contribution >= 4 is 6.29 Å². The summed E-state index contributed by atoms with van der Waals surface area (Å²) in [5.41, 5.74) is 4.18. The minimum Gasteiger partial charge on any atom is -0.298 e. The number of carbonyl (C=O) groups excluding carboxylic acids is 1. The minimum atomic E-state index is 0.732. The lowest BCUT2D eigenvalue weighted by molar-refractivity contribution is 0.112. The van der Waals surface area contributed by atoms with E-state index in [4.69, 9.17) is 0 Å². The molecule has 16 heavy (non-hydrogen) atoms. The molecule has 0 atom stereocenters. The maximum Gasteiger partial charge on any atom is 0.151 e. The maximum atomic E-state index is 10.8. The predicted octanol–water partition coefficient (Wildman–Crippen LogP) is 3.63. The van der Waals surface area contributed by atoms with Gasteiger partial charge in [0.15, 0.2) is 6.29 Å². The smallest absolute Gasteiger partial charge is 0.151 e. The van der Waals surface area contributed by atoms with Crippen LogP contribution in [0.5, 0.6) is 0 Å². The summed E-state index contributed by atoms with van der Waals surface area (Å²) in [5.74, 6) is 0. The third-order valence-electron chi connectivity index (χ3n) is 3.13. The Labute approximate surface area is 98.1 Å². The van der Waals surface area contributed by atoms with E-state index in [1.54, 1.807) is 6.20 Å². The Morgan fingerprint density at radius 1 is 1.25 bits per heavy atom. The van der Waals surface area contributed by atoms with Gasteiger partial charge in [0.2, 0.25) is 0 Å². The summed E-state index contributed by atoms with van der Waals surface area (Å²) < 4.78 is 0. The van der Waals surface area contributed by atoms with E-state index in [1.165, 1.54) is 31.2 Å². The molecule has 0 spiro atoms. The van der Waals surface area contributed by atoms with E-state index in [-0.39, 0.29) is 0 Å². The third-order valence-corrected chi connectivity index (χ3v) is 3.13. The highest BCUT2D eigenvalue weighted by Crippen LogP contribution is 2.17. The Hall–Kier alpha value is -1.18. The topological polar surface area (TPSA) is 30.0 Å². The monoisotopic (exact) mass is 219 g/mol. The highest BCUT2D eigenvalue weighted by molar-refractivity contribution is 5.77. The van der Waals surface area contributed by atoms with Crippen molar-refractivity contribution in [3.8, 4) is 0 Å². The van der Waals surface area contributed by atoms with Crippen LogP contribution >= 0.6 is 0 Å². The van der Waals surface area contributed by atoms with Gasteiger partial charge >= 0.3 is 0 Å². The third kappa shape index (κ3) is 3.16. The van der Waals surface area contributed by atoms with Crippen LogP contribution in [-0.4, -0.2) is 11.3 Å². The van der Waals surface area contributed by atoms with Gasteiger partial charge in [0, 0.05) is 17.5 Å². The fourth-order valence-corrected chi connectivity index (χ4v) is 2.00. The second-order valence-electron chi connectivity index (χ2n) is 4.33. The molecule has 2 nitrogen and oxygen atoms in total. The lowest BCUT2D eigenvalue weighted by Gasteiger charge is -2.10. The largest absolute Gasteiger partial charge is 0.298 e. The van der Waals surface area contributed by atoms with Crippen molar-refractivity contribution in [2.45, 2.75) is 52.9 Å². The SMILES string of the molecule is CCCCCCc1c(C)ncc(C=O)c1C. The molecule has 0 fully saturated rings. The van der Waals surface area contributed by atoms with Gasteiger partial charge in [0.1, 0.15) is 0 Å². The van der Waals surface area contributed by atoms with Crippen LogP contribution in [0.15, 0.2) is 6.20 Å². The van der Waals surface area contributed by atoms with Crippen LogP contribution in [0.1, 0.15) is 59.8 Å². The number of aldehydes is 1. The summed E-state index contributed by atoms with van der Waals surface area (Å²) in [6.45, 7) is 6.26. The number of aromatic nitrogens is 1. The quantitative estimate of drug-likeness (QED) is 0.540. The average Bonchev–Trinajstić information content (AvgIpc) is 2.28. The van der Waals surface area contributed by atoms with Crippen molar-refractivity contribution < 1.29 is 4.79 Å². The van der Waals surface area contributed by atoms with Crippen molar-refractivity contribution in [1.82, 2.24) is 4.98 Å². The van der Waals surface area contributed by atoms with Gasteiger partial charge in [-0.2, -0.15) is 0 Å². The number of hydrogen-bond donors (Lipinski definition) is 0. The van der Waals surface area contributed by atoms with Crippen LogP contribution in [0.25, 0.3) is 0 Å². The highest BCUT2D eigenvalue weighted by Gasteiger charge is 2.07. The van der Waals surface area contributed by atoms with E-state index in [1.807, 2.05) is 13.8 Å². The Balaban J connectivity index is 2.74. The molecule has 0 aliphatic carbocycles. The lowest BCUT2D eigenvalue weighted by atomic mass is 9.98. The molecular formula is C14H21NO. The van der Waals surface area contributed by atoms with E-state index in [9.17, 15) is 4.79 Å². The van der Waals surface area contributed by atoms with Gasteiger partial charge < -0.3 is 0 Å². The molecule has 1 aromatic heterocycles. The first-order chi connectivity index (χ1) is 7.70. The Morgan fingerprint density at radius 2 is 2.00 bits per heavy atom. The van der Waals surface area contributed by atoms with E-state index < -0.39 is 0 Å². The van der Waals surface area contributed by atoms with Crippen LogP contribution in [0, 0.1) is 13.8 Å². The van der Waals surface area contributed by atoms with Crippen LogP contribution in [0.2, 0.25) is 0 Å². The van der Waals surface area contributed by atoms with E-state index >= 15 is 0 Å². The number of hydrogen-bond acceptors (Lipinski definition) is 2. The molecule has 0 radical (unpaired) electrons.